The molecule has 0 spiro atoms. The van der Waals surface area contributed by atoms with Gasteiger partial charge in [-0.3, -0.25) is 0 Å². The fourth-order valence-corrected chi connectivity index (χ4v) is 10.5. The standard InChI is InChI=1S/C31H26Si/c1-19-13-15-23-22-11-7-8-12-24(22)30(25(23)17-19)26-18-21-14-16-27-28(20-9-5-4-6-10-20)29(21)31(26)32(27,2)3/h4-18,22,31H,1-3H3. The van der Waals surface area contributed by atoms with Crippen LogP contribution in [0.2, 0.25) is 13.1 Å². The molecule has 154 valence electrons. The van der Waals surface area contributed by atoms with Crippen molar-refractivity contribution in [2.75, 3.05) is 0 Å². The summed E-state index contributed by atoms with van der Waals surface area (Å²) in [5.41, 5.74) is 15.3. The second-order valence-corrected chi connectivity index (χ2v) is 14.8. The molecule has 3 aromatic carbocycles. The molecule has 2 unspecified atom stereocenters. The predicted octanol–water partition coefficient (Wildman–Crippen LogP) is 7.29. The molecule has 0 fully saturated rings. The van der Waals surface area contributed by atoms with Gasteiger partial charge in [0.1, 0.15) is 0 Å². The van der Waals surface area contributed by atoms with E-state index in [1.54, 1.807) is 16.3 Å². The molecule has 2 bridgehead atoms. The lowest BCUT2D eigenvalue weighted by molar-refractivity contribution is 1.05. The third kappa shape index (κ3) is 2.22. The average Bonchev–Trinajstić information content (AvgIpc) is 3.38. The molecule has 3 aliphatic carbocycles. The summed E-state index contributed by atoms with van der Waals surface area (Å²) in [6, 6.07) is 23.0. The van der Waals surface area contributed by atoms with Crippen LogP contribution in [0.1, 0.15) is 39.3 Å². The first kappa shape index (κ1) is 18.4. The zero-order chi connectivity index (χ0) is 21.6. The quantitative estimate of drug-likeness (QED) is 0.378. The SMILES string of the molecule is Cc1ccc2c(c1)C(C1=Cc3ccc4c(-c5ccccc5)c3C1[Si]4(C)C)=C1C=CC=CC12. The second kappa shape index (κ2) is 6.21. The Balaban J connectivity index is 1.49. The summed E-state index contributed by atoms with van der Waals surface area (Å²) in [5, 5.41) is 1.63. The molecule has 7 rings (SSSR count). The topological polar surface area (TPSA) is 0 Å². The van der Waals surface area contributed by atoms with Gasteiger partial charge in [0.05, 0.1) is 8.07 Å². The van der Waals surface area contributed by atoms with Gasteiger partial charge >= 0.3 is 0 Å². The molecule has 1 heteroatoms. The van der Waals surface area contributed by atoms with E-state index in [0.29, 0.717) is 11.5 Å². The Morgan fingerprint density at radius 1 is 0.875 bits per heavy atom. The lowest BCUT2D eigenvalue weighted by Gasteiger charge is -2.29. The maximum atomic E-state index is 2.58. The minimum atomic E-state index is -1.74. The molecular formula is C31H26Si. The van der Waals surface area contributed by atoms with Crippen molar-refractivity contribution in [3.05, 3.63) is 124 Å². The van der Waals surface area contributed by atoms with Crippen LogP contribution in [0.3, 0.4) is 0 Å². The van der Waals surface area contributed by atoms with Gasteiger partial charge < -0.3 is 0 Å². The summed E-state index contributed by atoms with van der Waals surface area (Å²) in [6.07, 6.45) is 11.7. The first-order valence-corrected chi connectivity index (χ1v) is 14.8. The normalized spacial score (nSPS) is 22.9. The van der Waals surface area contributed by atoms with Crippen molar-refractivity contribution in [1.82, 2.24) is 0 Å². The van der Waals surface area contributed by atoms with Crippen molar-refractivity contribution in [3.63, 3.8) is 0 Å². The Labute approximate surface area is 191 Å². The van der Waals surface area contributed by atoms with E-state index in [2.05, 4.69) is 111 Å². The van der Waals surface area contributed by atoms with Crippen LogP contribution in [-0.2, 0) is 0 Å². The molecule has 0 aromatic heterocycles. The van der Waals surface area contributed by atoms with E-state index < -0.39 is 8.07 Å². The molecule has 0 saturated carbocycles. The zero-order valence-electron chi connectivity index (χ0n) is 18.8. The van der Waals surface area contributed by atoms with Gasteiger partial charge in [0, 0.05) is 11.5 Å². The number of hydrogen-bond acceptors (Lipinski definition) is 0. The molecule has 0 N–H and O–H groups in total. The number of benzene rings is 3. The highest BCUT2D eigenvalue weighted by atomic mass is 28.3. The van der Waals surface area contributed by atoms with Crippen molar-refractivity contribution in [1.29, 1.82) is 0 Å². The molecule has 32 heavy (non-hydrogen) atoms. The summed E-state index contributed by atoms with van der Waals surface area (Å²) in [4.78, 5) is 0. The second-order valence-electron chi connectivity index (χ2n) is 10.3. The Kier molecular flexibility index (Phi) is 3.57. The number of aryl methyl sites for hydroxylation is 1. The summed E-state index contributed by atoms with van der Waals surface area (Å²) in [5.74, 6) is 0.393. The van der Waals surface area contributed by atoms with Crippen LogP contribution in [0.5, 0.6) is 0 Å². The molecule has 3 aromatic rings. The van der Waals surface area contributed by atoms with E-state index in [1.807, 2.05) is 0 Å². The molecule has 1 aliphatic heterocycles. The van der Waals surface area contributed by atoms with Gasteiger partial charge in [-0.05, 0) is 57.0 Å². The van der Waals surface area contributed by atoms with Crippen molar-refractivity contribution >= 4 is 24.9 Å². The summed E-state index contributed by atoms with van der Waals surface area (Å²) < 4.78 is 0. The minimum absolute atomic E-state index is 0.393. The Morgan fingerprint density at radius 3 is 2.56 bits per heavy atom. The molecule has 0 nitrogen and oxygen atoms in total. The van der Waals surface area contributed by atoms with Crippen molar-refractivity contribution < 1.29 is 0 Å². The molecular weight excluding hydrogens is 400 g/mol. The van der Waals surface area contributed by atoms with Gasteiger partial charge in [-0.25, -0.2) is 0 Å². The lowest BCUT2D eigenvalue weighted by atomic mass is 9.90. The van der Waals surface area contributed by atoms with E-state index in [4.69, 9.17) is 0 Å². The van der Waals surface area contributed by atoms with E-state index in [0.717, 1.165) is 0 Å². The molecule has 4 aliphatic rings. The number of fused-ring (bicyclic) bond motifs is 4. The zero-order valence-corrected chi connectivity index (χ0v) is 19.8. The van der Waals surface area contributed by atoms with E-state index in [-0.39, 0.29) is 0 Å². The Morgan fingerprint density at radius 2 is 1.72 bits per heavy atom. The minimum Gasteiger partial charge on any atom is -0.0726 e. The molecule has 0 saturated heterocycles. The van der Waals surface area contributed by atoms with Crippen LogP contribution in [-0.4, -0.2) is 8.07 Å². The van der Waals surface area contributed by atoms with Crippen LogP contribution in [0.15, 0.2) is 96.1 Å². The van der Waals surface area contributed by atoms with Crippen LogP contribution in [0.4, 0.5) is 0 Å². The number of rotatable bonds is 2. The summed E-state index contributed by atoms with van der Waals surface area (Å²) in [7, 11) is -1.74. The molecule has 1 heterocycles. The third-order valence-corrected chi connectivity index (χ3v) is 11.9. The predicted molar refractivity (Wildman–Crippen MR) is 139 cm³/mol. The third-order valence-electron chi connectivity index (χ3n) is 8.08. The van der Waals surface area contributed by atoms with E-state index in [1.165, 1.54) is 44.5 Å². The maximum absolute atomic E-state index is 2.58. The fourth-order valence-electron chi connectivity index (χ4n) is 6.74. The van der Waals surface area contributed by atoms with Crippen LogP contribution < -0.4 is 5.19 Å². The fraction of sp³-hybridized carbons (Fsp3) is 0.161. The van der Waals surface area contributed by atoms with Crippen molar-refractivity contribution in [3.8, 4) is 11.1 Å². The van der Waals surface area contributed by atoms with Gasteiger partial charge in [0.25, 0.3) is 0 Å². The summed E-state index contributed by atoms with van der Waals surface area (Å²) in [6.45, 7) is 7.39. The average molecular weight is 427 g/mol. The van der Waals surface area contributed by atoms with Crippen LogP contribution in [0.25, 0.3) is 22.8 Å². The highest BCUT2D eigenvalue weighted by Gasteiger charge is 2.51. The Hall–Kier alpha value is -3.16. The van der Waals surface area contributed by atoms with Gasteiger partial charge in [-0.15, -0.1) is 0 Å². The van der Waals surface area contributed by atoms with Gasteiger partial charge in [-0.1, -0.05) is 115 Å². The smallest absolute Gasteiger partial charge is 0.0726 e. The Bertz CT molecular complexity index is 1440. The van der Waals surface area contributed by atoms with Crippen LogP contribution in [0, 0.1) is 6.92 Å². The lowest BCUT2D eigenvalue weighted by Crippen LogP contribution is -2.43. The van der Waals surface area contributed by atoms with Crippen molar-refractivity contribution in [2.45, 2.75) is 31.5 Å². The highest BCUT2D eigenvalue weighted by molar-refractivity contribution is 6.94. The van der Waals surface area contributed by atoms with Gasteiger partial charge in [-0.2, -0.15) is 0 Å². The largest absolute Gasteiger partial charge is 0.0936 e. The van der Waals surface area contributed by atoms with Crippen molar-refractivity contribution in [2.24, 2.45) is 0 Å². The van der Waals surface area contributed by atoms with Gasteiger partial charge in [0.2, 0.25) is 0 Å². The summed E-state index contributed by atoms with van der Waals surface area (Å²) >= 11 is 0. The molecule has 2 atom stereocenters. The first-order chi connectivity index (χ1) is 15.6. The maximum Gasteiger partial charge on any atom is 0.0936 e. The van der Waals surface area contributed by atoms with E-state index >= 15 is 0 Å². The molecule has 0 radical (unpaired) electrons. The monoisotopic (exact) mass is 426 g/mol. The molecule has 0 amide bonds. The highest BCUT2D eigenvalue weighted by Crippen LogP contribution is 2.58. The van der Waals surface area contributed by atoms with Gasteiger partial charge in [0.15, 0.2) is 0 Å². The number of hydrogen-bond donors (Lipinski definition) is 0. The first-order valence-electron chi connectivity index (χ1n) is 11.7. The van der Waals surface area contributed by atoms with Crippen LogP contribution >= 0.6 is 0 Å². The van der Waals surface area contributed by atoms with E-state index in [9.17, 15) is 0 Å². The number of allylic oxidation sites excluding steroid dienone is 7.